The van der Waals surface area contributed by atoms with Crippen LogP contribution in [0.15, 0.2) is 12.2 Å². The van der Waals surface area contributed by atoms with Crippen molar-refractivity contribution in [2.24, 2.45) is 0 Å². The molecule has 0 spiro atoms. The van der Waals surface area contributed by atoms with Gasteiger partial charge in [0.05, 0.1) is 39.0 Å². The molecule has 0 aliphatic rings. The summed E-state index contributed by atoms with van der Waals surface area (Å²) in [5, 5.41) is 29.1. The van der Waals surface area contributed by atoms with Crippen LogP contribution in [0.3, 0.4) is 0 Å². The fraction of sp³-hybridized carbons (Fsp3) is 0.861. The second-order valence-electron chi connectivity index (χ2n) is 12.8. The second kappa shape index (κ2) is 30.1. The number of rotatable bonds is 34. The van der Waals surface area contributed by atoms with Crippen molar-refractivity contribution in [1.82, 2.24) is 0 Å². The van der Waals surface area contributed by atoms with Crippen LogP contribution in [0.25, 0.3) is 0 Å². The van der Waals surface area contributed by atoms with Crippen molar-refractivity contribution in [3.63, 3.8) is 0 Å². The number of carboxylic acids is 3. The van der Waals surface area contributed by atoms with Crippen molar-refractivity contribution in [2.75, 3.05) is 26.2 Å². The summed E-state index contributed by atoms with van der Waals surface area (Å²) in [4.78, 5) is 33.1. The van der Waals surface area contributed by atoms with Gasteiger partial charge in [-0.15, -0.1) is 0 Å². The maximum absolute atomic E-state index is 11.1. The zero-order chi connectivity index (χ0) is 31.9. The van der Waals surface area contributed by atoms with Gasteiger partial charge in [0.15, 0.2) is 0 Å². The first-order valence-electron chi connectivity index (χ1n) is 17.9. The van der Waals surface area contributed by atoms with Gasteiger partial charge in [-0.25, -0.2) is 0 Å². The van der Waals surface area contributed by atoms with Crippen molar-refractivity contribution in [1.29, 1.82) is 0 Å². The molecule has 43 heavy (non-hydrogen) atoms. The van der Waals surface area contributed by atoms with Gasteiger partial charge in [0.2, 0.25) is 0 Å². The molecule has 0 saturated heterocycles. The van der Waals surface area contributed by atoms with Crippen LogP contribution in [0, 0.1) is 0 Å². The SMILES string of the molecule is CCCCCCCCCCCCCCCCCCC/C=C/CCC[N+](CCCC(=O)[O-])(CCCC(=O)O)CCCC(=O)O. The summed E-state index contributed by atoms with van der Waals surface area (Å²) in [5.74, 6) is -2.77. The molecule has 0 saturated carbocycles. The van der Waals surface area contributed by atoms with Gasteiger partial charge in [0.25, 0.3) is 0 Å². The molecule has 0 aromatic heterocycles. The molecule has 0 unspecified atom stereocenters. The molecule has 0 radical (unpaired) electrons. The Morgan fingerprint density at radius 1 is 0.488 bits per heavy atom. The van der Waals surface area contributed by atoms with E-state index in [9.17, 15) is 19.5 Å². The summed E-state index contributed by atoms with van der Waals surface area (Å²) < 4.78 is 0.584. The Kier molecular flexibility index (Phi) is 28.8. The normalized spacial score (nSPS) is 11.8. The van der Waals surface area contributed by atoms with Crippen molar-refractivity contribution in [3.8, 4) is 0 Å². The Morgan fingerprint density at radius 3 is 1.19 bits per heavy atom. The van der Waals surface area contributed by atoms with Gasteiger partial charge in [-0.1, -0.05) is 122 Å². The van der Waals surface area contributed by atoms with E-state index in [-0.39, 0.29) is 19.3 Å². The highest BCUT2D eigenvalue weighted by Crippen LogP contribution is 2.18. The zero-order valence-corrected chi connectivity index (χ0v) is 27.8. The number of carbonyl (C=O) groups excluding carboxylic acids is 1. The second-order valence-corrected chi connectivity index (χ2v) is 12.8. The molecule has 7 nitrogen and oxygen atoms in total. The molecule has 2 N–H and O–H groups in total. The number of aliphatic carboxylic acids is 3. The van der Waals surface area contributed by atoms with E-state index in [4.69, 9.17) is 10.2 Å². The largest absolute Gasteiger partial charge is 0.550 e. The maximum atomic E-state index is 11.1. The van der Waals surface area contributed by atoms with E-state index in [1.165, 1.54) is 109 Å². The lowest BCUT2D eigenvalue weighted by molar-refractivity contribution is -0.928. The lowest BCUT2D eigenvalue weighted by Gasteiger charge is -2.39. The fourth-order valence-corrected chi connectivity index (χ4v) is 6.13. The first-order chi connectivity index (χ1) is 20.8. The molecule has 0 aromatic rings. The van der Waals surface area contributed by atoms with E-state index in [0.717, 1.165) is 25.8 Å². The van der Waals surface area contributed by atoms with E-state index in [2.05, 4.69) is 19.1 Å². The van der Waals surface area contributed by atoms with Crippen LogP contribution >= 0.6 is 0 Å². The molecule has 0 rings (SSSR count). The van der Waals surface area contributed by atoms with Crippen LogP contribution in [0.4, 0.5) is 0 Å². The zero-order valence-electron chi connectivity index (χ0n) is 27.8. The third kappa shape index (κ3) is 29.9. The molecule has 7 heteroatoms. The highest BCUT2D eigenvalue weighted by molar-refractivity contribution is 5.66. The quantitative estimate of drug-likeness (QED) is 0.0430. The summed E-state index contributed by atoms with van der Waals surface area (Å²) in [6, 6.07) is 0. The smallest absolute Gasteiger partial charge is 0.303 e. The third-order valence-electron chi connectivity index (χ3n) is 8.70. The predicted molar refractivity (Wildman–Crippen MR) is 175 cm³/mol. The van der Waals surface area contributed by atoms with Gasteiger partial charge < -0.3 is 24.6 Å². The number of carboxylic acid groups (broad SMARTS) is 3. The Morgan fingerprint density at radius 2 is 0.814 bits per heavy atom. The number of nitrogens with zero attached hydrogens (tertiary/aromatic N) is 1. The summed E-state index contributed by atoms with van der Waals surface area (Å²) in [7, 11) is 0. The molecule has 0 amide bonds. The topological polar surface area (TPSA) is 115 Å². The summed E-state index contributed by atoms with van der Waals surface area (Å²) in [6.07, 6.45) is 32.5. The van der Waals surface area contributed by atoms with Crippen LogP contribution in [0.2, 0.25) is 0 Å². The fourth-order valence-electron chi connectivity index (χ4n) is 6.13. The third-order valence-corrected chi connectivity index (χ3v) is 8.70. The Balaban J connectivity index is 4.05. The number of quaternary nitrogens is 1. The Labute approximate surface area is 264 Å². The van der Waals surface area contributed by atoms with E-state index in [0.29, 0.717) is 43.4 Å². The van der Waals surface area contributed by atoms with Crippen molar-refractivity contribution in [2.45, 2.75) is 174 Å². The molecule has 0 aromatic carbocycles. The van der Waals surface area contributed by atoms with Crippen LogP contribution in [0.5, 0.6) is 0 Å². The molecule has 0 aliphatic carbocycles. The molecule has 0 bridgehead atoms. The van der Waals surface area contributed by atoms with Crippen LogP contribution in [0.1, 0.15) is 174 Å². The van der Waals surface area contributed by atoms with Gasteiger partial charge in [-0.3, -0.25) is 9.59 Å². The molecular weight excluding hydrogens is 542 g/mol. The van der Waals surface area contributed by atoms with Crippen LogP contribution < -0.4 is 5.11 Å². The van der Waals surface area contributed by atoms with E-state index in [1.54, 1.807) is 0 Å². The van der Waals surface area contributed by atoms with Gasteiger partial charge in [0.1, 0.15) is 0 Å². The molecular formula is C36H67NO6. The number of carbonyl (C=O) groups is 3. The maximum Gasteiger partial charge on any atom is 0.303 e. The minimum absolute atomic E-state index is 0.0306. The minimum Gasteiger partial charge on any atom is -0.550 e. The molecule has 0 fully saturated rings. The number of allylic oxidation sites excluding steroid dienone is 2. The van der Waals surface area contributed by atoms with Crippen molar-refractivity contribution >= 4 is 17.9 Å². The van der Waals surface area contributed by atoms with Gasteiger partial charge in [0, 0.05) is 31.7 Å². The average Bonchev–Trinajstić information content (AvgIpc) is 2.95. The molecule has 0 atom stereocenters. The molecule has 0 aliphatic heterocycles. The number of unbranched alkanes of at least 4 members (excludes halogenated alkanes) is 18. The van der Waals surface area contributed by atoms with E-state index in [1.807, 2.05) is 0 Å². The van der Waals surface area contributed by atoms with E-state index >= 15 is 0 Å². The Hall–Kier alpha value is -1.89. The number of hydrogen-bond acceptors (Lipinski definition) is 4. The minimum atomic E-state index is -1.08. The first kappa shape index (κ1) is 41.1. The highest BCUT2D eigenvalue weighted by atomic mass is 16.4. The van der Waals surface area contributed by atoms with Gasteiger partial charge in [-0.2, -0.15) is 0 Å². The standard InChI is InChI=1S/C36H67NO6/c1-2-3-4-5-6-7-8-9-10-11-12-13-14-15-16-17-18-19-20-21-22-23-30-37(31-24-27-34(38)39,32-25-28-35(40)41)33-26-29-36(42)43/h20-21H,2-19,22-33H2,1H3,(H2-,38,39,40,41,42,43)/b21-20+. The average molecular weight is 610 g/mol. The van der Waals surface area contributed by atoms with Gasteiger partial charge in [-0.05, 0) is 25.7 Å². The summed E-state index contributed by atoms with van der Waals surface area (Å²) in [6.45, 7) is 4.94. The summed E-state index contributed by atoms with van der Waals surface area (Å²) >= 11 is 0. The molecule has 252 valence electrons. The monoisotopic (exact) mass is 609 g/mol. The van der Waals surface area contributed by atoms with E-state index < -0.39 is 17.9 Å². The van der Waals surface area contributed by atoms with Crippen LogP contribution in [-0.4, -0.2) is 58.8 Å². The van der Waals surface area contributed by atoms with Crippen molar-refractivity contribution in [3.05, 3.63) is 12.2 Å². The summed E-state index contributed by atoms with van der Waals surface area (Å²) in [5.41, 5.74) is 0. The first-order valence-corrected chi connectivity index (χ1v) is 17.9. The molecule has 0 heterocycles. The number of hydrogen-bond donors (Lipinski definition) is 2. The Bertz CT molecular complexity index is 658. The highest BCUT2D eigenvalue weighted by Gasteiger charge is 2.26. The van der Waals surface area contributed by atoms with Crippen molar-refractivity contribution < 1.29 is 34.2 Å². The lowest BCUT2D eigenvalue weighted by atomic mass is 10.0. The predicted octanol–water partition coefficient (Wildman–Crippen LogP) is 8.44. The van der Waals surface area contributed by atoms with Gasteiger partial charge >= 0.3 is 11.9 Å². The van der Waals surface area contributed by atoms with Crippen LogP contribution in [-0.2, 0) is 14.4 Å². The lowest BCUT2D eigenvalue weighted by Crippen LogP contribution is -2.51.